The molecule has 2 rings (SSSR count). The van der Waals surface area contributed by atoms with Gasteiger partial charge in [0, 0.05) is 17.8 Å². The third-order valence-electron chi connectivity index (χ3n) is 4.75. The van der Waals surface area contributed by atoms with E-state index in [1.54, 1.807) is 0 Å². The summed E-state index contributed by atoms with van der Waals surface area (Å²) in [6.07, 6.45) is 11.2. The lowest BCUT2D eigenvalue weighted by atomic mass is 10.0. The molecular weight excluding hydrogens is 322 g/mol. The van der Waals surface area contributed by atoms with E-state index in [2.05, 4.69) is 11.9 Å². The molecule has 0 fully saturated rings. The van der Waals surface area contributed by atoms with Gasteiger partial charge in [-0.15, -0.1) is 0 Å². The van der Waals surface area contributed by atoms with Crippen LogP contribution in [0.5, 0.6) is 5.88 Å². The van der Waals surface area contributed by atoms with Gasteiger partial charge in [0.25, 0.3) is 0 Å². The molecule has 0 aliphatic carbocycles. The summed E-state index contributed by atoms with van der Waals surface area (Å²) in [5.41, 5.74) is 3.12. The van der Waals surface area contributed by atoms with Gasteiger partial charge in [0.15, 0.2) is 0 Å². The molecule has 0 aliphatic heterocycles. The van der Waals surface area contributed by atoms with E-state index in [4.69, 9.17) is 4.74 Å². The minimum Gasteiger partial charge on any atom is -0.478 e. The van der Waals surface area contributed by atoms with Crippen LogP contribution in [-0.2, 0) is 0 Å². The van der Waals surface area contributed by atoms with Gasteiger partial charge in [-0.2, -0.15) is 0 Å². The Kier molecular flexibility index (Phi) is 9.19. The fourth-order valence-corrected chi connectivity index (χ4v) is 3.01. The molecule has 2 aromatic rings. The molecule has 0 amide bonds. The van der Waals surface area contributed by atoms with Crippen LogP contribution in [0.1, 0.15) is 76.9 Å². The summed E-state index contributed by atoms with van der Waals surface area (Å²) >= 11 is 0. The Morgan fingerprint density at radius 3 is 2.12 bits per heavy atom. The molecule has 1 aromatic heterocycles. The van der Waals surface area contributed by atoms with Crippen molar-refractivity contribution in [3.05, 3.63) is 48.2 Å². The summed E-state index contributed by atoms with van der Waals surface area (Å²) in [7, 11) is 0. The average Bonchev–Trinajstić information content (AvgIpc) is 2.70. The molecule has 0 bridgehead atoms. The van der Waals surface area contributed by atoms with E-state index in [-0.39, 0.29) is 6.10 Å². The van der Waals surface area contributed by atoms with Gasteiger partial charge in [-0.1, -0.05) is 76.6 Å². The number of benzene rings is 1. The van der Waals surface area contributed by atoms with Crippen LogP contribution in [0.3, 0.4) is 0 Å². The monoisotopic (exact) mass is 355 g/mol. The summed E-state index contributed by atoms with van der Waals surface area (Å²) in [4.78, 5) is 4.42. The first-order valence-electron chi connectivity index (χ1n) is 10.1. The Morgan fingerprint density at radius 2 is 1.50 bits per heavy atom. The molecule has 0 saturated heterocycles. The van der Waals surface area contributed by atoms with E-state index in [1.165, 1.54) is 38.5 Å². The summed E-state index contributed by atoms with van der Waals surface area (Å²) in [6, 6.07) is 12.0. The molecule has 1 N–H and O–H groups in total. The minimum absolute atomic E-state index is 0.385. The number of aliphatic hydroxyl groups excluding tert-OH is 1. The van der Waals surface area contributed by atoms with Crippen LogP contribution in [0.25, 0.3) is 11.1 Å². The van der Waals surface area contributed by atoms with Crippen molar-refractivity contribution < 1.29 is 9.84 Å². The number of unbranched alkanes of at least 4 members (excludes halogenated alkanes) is 6. The topological polar surface area (TPSA) is 42.4 Å². The Bertz CT molecular complexity index is 607. The summed E-state index contributed by atoms with van der Waals surface area (Å²) in [5.74, 6) is 0.692. The van der Waals surface area contributed by atoms with Gasteiger partial charge >= 0.3 is 0 Å². The van der Waals surface area contributed by atoms with Crippen LogP contribution < -0.4 is 4.74 Å². The molecule has 0 spiro atoms. The Balaban J connectivity index is 1.74. The predicted molar refractivity (Wildman–Crippen MR) is 108 cm³/mol. The Hall–Kier alpha value is -1.87. The second-order valence-corrected chi connectivity index (χ2v) is 6.90. The van der Waals surface area contributed by atoms with Crippen molar-refractivity contribution in [2.75, 3.05) is 6.61 Å². The number of hydrogen-bond acceptors (Lipinski definition) is 3. The minimum atomic E-state index is -0.385. The number of aromatic nitrogens is 1. The van der Waals surface area contributed by atoms with Crippen molar-refractivity contribution in [1.29, 1.82) is 0 Å². The van der Waals surface area contributed by atoms with Crippen LogP contribution in [-0.4, -0.2) is 16.7 Å². The van der Waals surface area contributed by atoms with E-state index in [0.717, 1.165) is 36.1 Å². The maximum atomic E-state index is 9.87. The second kappa shape index (κ2) is 11.7. The van der Waals surface area contributed by atoms with Crippen molar-refractivity contribution >= 4 is 0 Å². The Morgan fingerprint density at radius 1 is 0.846 bits per heavy atom. The second-order valence-electron chi connectivity index (χ2n) is 6.90. The van der Waals surface area contributed by atoms with Gasteiger partial charge in [0.2, 0.25) is 5.88 Å². The summed E-state index contributed by atoms with van der Waals surface area (Å²) < 4.78 is 5.75. The van der Waals surface area contributed by atoms with Crippen molar-refractivity contribution in [1.82, 2.24) is 4.98 Å². The van der Waals surface area contributed by atoms with E-state index < -0.39 is 0 Å². The summed E-state index contributed by atoms with van der Waals surface area (Å²) in [6.45, 7) is 4.97. The van der Waals surface area contributed by atoms with Crippen LogP contribution >= 0.6 is 0 Å². The molecule has 26 heavy (non-hydrogen) atoms. The molecule has 3 nitrogen and oxygen atoms in total. The number of rotatable bonds is 12. The molecule has 1 aromatic carbocycles. The van der Waals surface area contributed by atoms with Crippen molar-refractivity contribution in [2.24, 2.45) is 0 Å². The molecular formula is C23H33NO2. The lowest BCUT2D eigenvalue weighted by Gasteiger charge is -2.09. The molecule has 0 radical (unpaired) electrons. The fraction of sp³-hybridized carbons (Fsp3) is 0.522. The zero-order valence-electron chi connectivity index (χ0n) is 16.3. The van der Waals surface area contributed by atoms with Crippen LogP contribution in [0.15, 0.2) is 42.6 Å². The SMILES string of the molecule is CCCCCCCCCOc1ccc(-c2ccc(C(O)CC)cc2)cn1. The lowest BCUT2D eigenvalue weighted by molar-refractivity contribution is 0.173. The van der Waals surface area contributed by atoms with E-state index >= 15 is 0 Å². The number of nitrogens with zero attached hydrogens (tertiary/aromatic N) is 1. The zero-order chi connectivity index (χ0) is 18.6. The van der Waals surface area contributed by atoms with Gasteiger partial charge < -0.3 is 9.84 Å². The average molecular weight is 356 g/mol. The number of ether oxygens (including phenoxy) is 1. The van der Waals surface area contributed by atoms with Gasteiger partial charge in [0.1, 0.15) is 0 Å². The van der Waals surface area contributed by atoms with E-state index in [9.17, 15) is 5.11 Å². The molecule has 0 saturated carbocycles. The quantitative estimate of drug-likeness (QED) is 0.453. The molecule has 1 atom stereocenters. The maximum absolute atomic E-state index is 9.87. The van der Waals surface area contributed by atoms with Crippen molar-refractivity contribution in [3.63, 3.8) is 0 Å². The largest absolute Gasteiger partial charge is 0.478 e. The van der Waals surface area contributed by atoms with Gasteiger partial charge in [-0.3, -0.25) is 0 Å². The lowest BCUT2D eigenvalue weighted by Crippen LogP contribution is -1.99. The number of aliphatic hydroxyl groups is 1. The summed E-state index contributed by atoms with van der Waals surface area (Å²) in [5, 5.41) is 9.87. The molecule has 142 valence electrons. The predicted octanol–water partition coefficient (Wildman–Crippen LogP) is 6.32. The molecule has 1 heterocycles. The molecule has 3 heteroatoms. The van der Waals surface area contributed by atoms with Crippen LogP contribution in [0.4, 0.5) is 0 Å². The van der Waals surface area contributed by atoms with Crippen LogP contribution in [0, 0.1) is 0 Å². The normalized spacial score (nSPS) is 12.1. The first kappa shape index (κ1) is 20.4. The fourth-order valence-electron chi connectivity index (χ4n) is 3.01. The zero-order valence-corrected chi connectivity index (χ0v) is 16.3. The highest BCUT2D eigenvalue weighted by Crippen LogP contribution is 2.24. The van der Waals surface area contributed by atoms with Crippen molar-refractivity contribution in [3.8, 4) is 17.0 Å². The first-order valence-corrected chi connectivity index (χ1v) is 10.1. The maximum Gasteiger partial charge on any atom is 0.213 e. The third kappa shape index (κ3) is 6.80. The molecule has 1 unspecified atom stereocenters. The standard InChI is InChI=1S/C23H33NO2/c1-3-5-6-7-8-9-10-17-26-23-16-15-21(18-24-23)19-11-13-20(14-12-19)22(25)4-2/h11-16,18,22,25H,3-10,17H2,1-2H3. The smallest absolute Gasteiger partial charge is 0.213 e. The third-order valence-corrected chi connectivity index (χ3v) is 4.75. The van der Waals surface area contributed by atoms with Gasteiger partial charge in [0.05, 0.1) is 12.7 Å². The highest BCUT2D eigenvalue weighted by Gasteiger charge is 2.05. The highest BCUT2D eigenvalue weighted by atomic mass is 16.5. The highest BCUT2D eigenvalue weighted by molar-refractivity contribution is 5.63. The van der Waals surface area contributed by atoms with Crippen LogP contribution in [0.2, 0.25) is 0 Å². The van der Waals surface area contributed by atoms with Crippen molar-refractivity contribution in [2.45, 2.75) is 71.3 Å². The van der Waals surface area contributed by atoms with Gasteiger partial charge in [-0.05, 0) is 30.0 Å². The Labute approximate surface area is 158 Å². The van der Waals surface area contributed by atoms with Gasteiger partial charge in [-0.25, -0.2) is 4.98 Å². The number of pyridine rings is 1. The first-order chi connectivity index (χ1) is 12.7. The molecule has 0 aliphatic rings. The van der Waals surface area contributed by atoms with E-state index in [0.29, 0.717) is 5.88 Å². The number of hydrogen-bond donors (Lipinski definition) is 1. The van der Waals surface area contributed by atoms with E-state index in [1.807, 2.05) is 49.5 Å².